The van der Waals surface area contributed by atoms with E-state index in [1.807, 2.05) is 45.0 Å². The number of halogens is 1. The Bertz CT molecular complexity index is 1190. The van der Waals surface area contributed by atoms with Gasteiger partial charge in [-0.15, -0.1) is 0 Å². The highest BCUT2D eigenvalue weighted by Crippen LogP contribution is 2.47. The molecule has 1 saturated heterocycles. The summed E-state index contributed by atoms with van der Waals surface area (Å²) >= 11 is 0. The molecule has 0 unspecified atom stereocenters. The molecule has 0 aliphatic carbocycles. The number of hydrogen-bond acceptors (Lipinski definition) is 4. The zero-order valence-electron chi connectivity index (χ0n) is 18.8. The summed E-state index contributed by atoms with van der Waals surface area (Å²) in [7, 11) is -2.92. The first kappa shape index (κ1) is 22.6. The van der Waals surface area contributed by atoms with Crippen molar-refractivity contribution < 1.29 is 13.8 Å². The topological polar surface area (TPSA) is 63.2 Å². The predicted octanol–water partition coefficient (Wildman–Crippen LogP) is 4.63. The molecule has 1 aromatic heterocycles. The van der Waals surface area contributed by atoms with Crippen molar-refractivity contribution in [3.05, 3.63) is 65.7 Å². The summed E-state index contributed by atoms with van der Waals surface area (Å²) in [5.41, 5.74) is 1.57. The summed E-state index contributed by atoms with van der Waals surface area (Å²) in [6.07, 6.45) is 3.29. The number of carbonyl (C=O) groups is 1. The predicted molar refractivity (Wildman–Crippen MR) is 126 cm³/mol. The van der Waals surface area contributed by atoms with Gasteiger partial charge in [0.15, 0.2) is 0 Å². The van der Waals surface area contributed by atoms with Crippen molar-refractivity contribution in [1.82, 2.24) is 15.1 Å². The van der Waals surface area contributed by atoms with Crippen LogP contribution in [0.25, 0.3) is 10.8 Å². The van der Waals surface area contributed by atoms with E-state index in [4.69, 9.17) is 0 Å². The average molecular weight is 453 g/mol. The Morgan fingerprint density at radius 3 is 2.56 bits per heavy atom. The minimum absolute atomic E-state index is 0.0764. The Labute approximate surface area is 188 Å². The number of hydrogen-bond donors (Lipinski definition) is 0. The molecule has 0 spiro atoms. The third kappa shape index (κ3) is 4.91. The highest BCUT2D eigenvalue weighted by atomic mass is 31.2. The molecule has 0 bridgehead atoms. The fourth-order valence-electron chi connectivity index (χ4n) is 4.24. The van der Waals surface area contributed by atoms with Gasteiger partial charge < -0.3 is 9.46 Å². The lowest BCUT2D eigenvalue weighted by atomic mass is 9.91. The van der Waals surface area contributed by atoms with E-state index in [9.17, 15) is 13.8 Å². The molecule has 2 heterocycles. The summed E-state index contributed by atoms with van der Waals surface area (Å²) in [5, 5.41) is 10.7. The maximum absolute atomic E-state index is 14.8. The number of nitrogens with zero attached hydrogens (tertiary/aromatic N) is 3. The van der Waals surface area contributed by atoms with Crippen LogP contribution in [-0.2, 0) is 15.8 Å². The van der Waals surface area contributed by atoms with Crippen LogP contribution >= 0.6 is 7.14 Å². The molecule has 32 heavy (non-hydrogen) atoms. The van der Waals surface area contributed by atoms with E-state index in [2.05, 4.69) is 10.2 Å². The van der Waals surface area contributed by atoms with Crippen molar-refractivity contribution >= 4 is 29.1 Å². The smallest absolute Gasteiger partial charge is 0.223 e. The van der Waals surface area contributed by atoms with Gasteiger partial charge in [-0.1, -0.05) is 51.1 Å². The van der Waals surface area contributed by atoms with Gasteiger partial charge in [0.2, 0.25) is 5.91 Å². The second-order valence-electron chi connectivity index (χ2n) is 9.80. The lowest BCUT2D eigenvalue weighted by Crippen LogP contribution is -2.42. The van der Waals surface area contributed by atoms with E-state index < -0.39 is 13.0 Å². The van der Waals surface area contributed by atoms with Gasteiger partial charge in [0.05, 0.1) is 11.9 Å². The zero-order valence-corrected chi connectivity index (χ0v) is 19.7. The normalized spacial score (nSPS) is 16.3. The first-order valence-electron chi connectivity index (χ1n) is 11.0. The highest BCUT2D eigenvalue weighted by molar-refractivity contribution is 7.71. The Kier molecular flexibility index (Phi) is 6.17. The van der Waals surface area contributed by atoms with Crippen molar-refractivity contribution in [3.63, 3.8) is 0 Å². The van der Waals surface area contributed by atoms with Crippen LogP contribution in [0.1, 0.15) is 38.4 Å². The number of amides is 1. The zero-order chi connectivity index (χ0) is 22.9. The number of carbonyl (C=O) groups excluding carboxylic acids is 1. The van der Waals surface area contributed by atoms with E-state index in [-0.39, 0.29) is 11.3 Å². The molecule has 3 aromatic rings. The first-order chi connectivity index (χ1) is 15.1. The molecule has 5 nitrogen and oxygen atoms in total. The molecule has 0 radical (unpaired) electrons. The molecular weight excluding hydrogens is 424 g/mol. The van der Waals surface area contributed by atoms with Crippen LogP contribution in [-0.4, -0.2) is 46.4 Å². The van der Waals surface area contributed by atoms with Crippen LogP contribution < -0.4 is 5.30 Å². The van der Waals surface area contributed by atoms with Crippen LogP contribution in [0.15, 0.2) is 48.7 Å². The third-order valence-electron chi connectivity index (χ3n) is 5.96. The fourth-order valence-corrected chi connectivity index (χ4v) is 6.93. The lowest BCUT2D eigenvalue weighted by molar-refractivity contribution is -0.132. The quantitative estimate of drug-likeness (QED) is 0.541. The van der Waals surface area contributed by atoms with Gasteiger partial charge in [-0.25, -0.2) is 4.39 Å². The molecule has 4 rings (SSSR count). The molecule has 1 fully saturated rings. The molecule has 0 atom stereocenters. The van der Waals surface area contributed by atoms with E-state index in [0.29, 0.717) is 43.6 Å². The maximum atomic E-state index is 14.8. The van der Waals surface area contributed by atoms with Crippen molar-refractivity contribution in [1.29, 1.82) is 0 Å². The van der Waals surface area contributed by atoms with Crippen molar-refractivity contribution in [2.45, 2.75) is 33.6 Å². The van der Waals surface area contributed by atoms with Crippen LogP contribution in [0, 0.1) is 11.2 Å². The largest absolute Gasteiger partial charge is 0.342 e. The van der Waals surface area contributed by atoms with Crippen LogP contribution in [0.4, 0.5) is 4.39 Å². The summed E-state index contributed by atoms with van der Waals surface area (Å²) in [6.45, 7) is 6.90. The molecule has 7 heteroatoms. The van der Waals surface area contributed by atoms with Crippen molar-refractivity contribution in [3.8, 4) is 0 Å². The molecule has 0 saturated carbocycles. The summed E-state index contributed by atoms with van der Waals surface area (Å²) in [6, 6.07) is 12.7. The monoisotopic (exact) mass is 453 g/mol. The van der Waals surface area contributed by atoms with E-state index in [0.717, 1.165) is 22.0 Å². The van der Waals surface area contributed by atoms with Gasteiger partial charge >= 0.3 is 0 Å². The fraction of sp³-hybridized carbons (Fsp3) is 0.400. The minimum atomic E-state index is -2.92. The van der Waals surface area contributed by atoms with E-state index >= 15 is 0 Å². The van der Waals surface area contributed by atoms with Gasteiger partial charge in [-0.3, -0.25) is 4.79 Å². The van der Waals surface area contributed by atoms with Gasteiger partial charge in [0, 0.05) is 54.3 Å². The molecular formula is C25H29FN3O2P. The number of aromatic nitrogens is 2. The second-order valence-corrected chi connectivity index (χ2v) is 13.0. The van der Waals surface area contributed by atoms with Crippen LogP contribution in [0.3, 0.4) is 0 Å². The van der Waals surface area contributed by atoms with Gasteiger partial charge in [0.1, 0.15) is 13.0 Å². The Hall–Kier alpha value is -2.59. The Balaban J connectivity index is 1.54. The van der Waals surface area contributed by atoms with Crippen LogP contribution in [0.2, 0.25) is 0 Å². The third-order valence-corrected chi connectivity index (χ3v) is 9.03. The van der Waals surface area contributed by atoms with Crippen molar-refractivity contribution in [2.24, 2.45) is 5.41 Å². The van der Waals surface area contributed by atoms with Gasteiger partial charge in [0.25, 0.3) is 0 Å². The minimum Gasteiger partial charge on any atom is -0.342 e. The molecule has 1 amide bonds. The SMILES string of the molecule is CC(C)(C)CC(=O)N1CCP(=O)(c2cc(Cc3nncc4ccccc34)ccc2F)CC1. The van der Waals surface area contributed by atoms with Gasteiger partial charge in [-0.2, -0.15) is 10.2 Å². The lowest BCUT2D eigenvalue weighted by Gasteiger charge is -2.34. The summed E-state index contributed by atoms with van der Waals surface area (Å²) in [5.74, 6) is -0.358. The summed E-state index contributed by atoms with van der Waals surface area (Å²) < 4.78 is 28.5. The highest BCUT2D eigenvalue weighted by Gasteiger charge is 2.35. The van der Waals surface area contributed by atoms with E-state index in [1.54, 1.807) is 23.2 Å². The molecule has 1 aliphatic heterocycles. The van der Waals surface area contributed by atoms with Crippen molar-refractivity contribution in [2.75, 3.05) is 25.4 Å². The number of rotatable bonds is 4. The molecule has 2 aromatic carbocycles. The van der Waals surface area contributed by atoms with Crippen LogP contribution in [0.5, 0.6) is 0 Å². The Morgan fingerprint density at radius 2 is 1.84 bits per heavy atom. The maximum Gasteiger partial charge on any atom is 0.223 e. The van der Waals surface area contributed by atoms with Gasteiger partial charge in [-0.05, 0) is 23.1 Å². The molecule has 0 N–H and O–H groups in total. The number of fused-ring (bicyclic) bond motifs is 1. The standard InChI is InChI=1S/C25H29FN3O2P/c1-25(2,3)16-24(30)29-10-12-32(31,13-11-29)23-15-18(8-9-21(23)26)14-22-20-7-5-4-6-19(20)17-27-28-22/h4-9,15,17H,10-14,16H2,1-3H3. The Morgan fingerprint density at radius 1 is 1.12 bits per heavy atom. The molecule has 168 valence electrons. The van der Waals surface area contributed by atoms with E-state index in [1.165, 1.54) is 6.07 Å². The second kappa shape index (κ2) is 8.74. The first-order valence-corrected chi connectivity index (χ1v) is 13.1. The molecule has 1 aliphatic rings. The average Bonchev–Trinajstić information content (AvgIpc) is 2.74. The number of benzene rings is 2. The summed E-state index contributed by atoms with van der Waals surface area (Å²) in [4.78, 5) is 14.3.